The zero-order valence-electron chi connectivity index (χ0n) is 7.83. The minimum absolute atomic E-state index is 0.350. The van der Waals surface area contributed by atoms with Gasteiger partial charge < -0.3 is 0 Å². The average Bonchev–Trinajstić information content (AvgIpc) is 1.92. The fourth-order valence-corrected chi connectivity index (χ4v) is 3.34. The van der Waals surface area contributed by atoms with Crippen molar-refractivity contribution in [3.63, 3.8) is 0 Å². The Bertz CT molecular complexity index is 340. The second-order valence-corrected chi connectivity index (χ2v) is 11.5. The van der Waals surface area contributed by atoms with Crippen LogP contribution in [0.15, 0.2) is 12.2 Å². The maximum Gasteiger partial charge on any atom is 0.198 e. The third-order valence-electron chi connectivity index (χ3n) is 0.923. The summed E-state index contributed by atoms with van der Waals surface area (Å²) in [7, 11) is -4.36. The molecule has 0 bridgehead atoms. The van der Waals surface area contributed by atoms with Crippen LogP contribution in [-0.2, 0) is 17.7 Å². The molecule has 0 rings (SSSR count). The lowest BCUT2D eigenvalue weighted by atomic mass is 10.6. The van der Waals surface area contributed by atoms with Crippen molar-refractivity contribution >= 4 is 39.3 Å². The Balaban J connectivity index is 3.67. The van der Waals surface area contributed by atoms with Gasteiger partial charge in [-0.25, -0.2) is 16.8 Å². The minimum Gasteiger partial charge on any atom is -0.218 e. The average molecular weight is 276 g/mol. The van der Waals surface area contributed by atoms with E-state index < -0.39 is 17.7 Å². The van der Waals surface area contributed by atoms with Crippen molar-refractivity contribution in [2.24, 2.45) is 0 Å². The molecule has 4 nitrogen and oxygen atoms in total. The molecule has 0 aromatic rings. The Morgan fingerprint density at radius 1 is 0.857 bits per heavy atom. The molecule has 8 heteroatoms. The van der Waals surface area contributed by atoms with E-state index in [2.05, 4.69) is 0 Å². The zero-order chi connectivity index (χ0) is 11.2. The predicted octanol–water partition coefficient (Wildman–Crippen LogP) is 0.928. The molecule has 0 saturated carbocycles. The highest BCUT2D eigenvalue weighted by atomic mass is 33.1. The van der Waals surface area contributed by atoms with Crippen molar-refractivity contribution in [1.29, 1.82) is 0 Å². The minimum atomic E-state index is -3.00. The second kappa shape index (κ2) is 6.04. The van der Waals surface area contributed by atoms with Crippen LogP contribution >= 0.6 is 21.6 Å². The fourth-order valence-electron chi connectivity index (χ4n) is 0.462. The molecule has 0 aromatic heterocycles. The van der Waals surface area contributed by atoms with E-state index in [0.717, 1.165) is 34.1 Å². The largest absolute Gasteiger partial charge is 0.218 e. The van der Waals surface area contributed by atoms with Crippen LogP contribution in [0, 0.1) is 0 Å². The first kappa shape index (κ1) is 14.3. The SMILES string of the molecule is CS(=O)(=O)SC/C=C\CSS(C)(=O)=O. The van der Waals surface area contributed by atoms with Crippen molar-refractivity contribution in [1.82, 2.24) is 0 Å². The third kappa shape index (κ3) is 12.3. The normalized spacial score (nSPS) is 13.6. The van der Waals surface area contributed by atoms with Gasteiger partial charge >= 0.3 is 0 Å². The Morgan fingerprint density at radius 3 is 1.36 bits per heavy atom. The van der Waals surface area contributed by atoms with Crippen molar-refractivity contribution in [3.8, 4) is 0 Å². The van der Waals surface area contributed by atoms with Crippen LogP contribution in [0.3, 0.4) is 0 Å². The van der Waals surface area contributed by atoms with Gasteiger partial charge in [-0.2, -0.15) is 0 Å². The lowest BCUT2D eigenvalue weighted by Crippen LogP contribution is -1.90. The fraction of sp³-hybridized carbons (Fsp3) is 0.667. The first-order valence-electron chi connectivity index (χ1n) is 3.54. The number of hydrogen-bond donors (Lipinski definition) is 0. The summed E-state index contributed by atoms with van der Waals surface area (Å²) in [6, 6.07) is 0. The monoisotopic (exact) mass is 276 g/mol. The number of rotatable bonds is 6. The van der Waals surface area contributed by atoms with Gasteiger partial charge in [0.2, 0.25) is 0 Å². The maximum absolute atomic E-state index is 10.7. The van der Waals surface area contributed by atoms with Gasteiger partial charge in [0.05, 0.1) is 0 Å². The summed E-state index contributed by atoms with van der Waals surface area (Å²) in [4.78, 5) is 0. The molecule has 0 heterocycles. The molecule has 0 aliphatic rings. The molecular weight excluding hydrogens is 264 g/mol. The Morgan fingerprint density at radius 2 is 1.14 bits per heavy atom. The first-order valence-corrected chi connectivity index (χ1v) is 10.3. The Hall–Kier alpha value is 0.340. The van der Waals surface area contributed by atoms with Crippen LogP contribution in [-0.4, -0.2) is 40.9 Å². The van der Waals surface area contributed by atoms with Gasteiger partial charge in [0.1, 0.15) is 0 Å². The zero-order valence-corrected chi connectivity index (χ0v) is 11.1. The van der Waals surface area contributed by atoms with Crippen LogP contribution in [0.25, 0.3) is 0 Å². The van der Waals surface area contributed by atoms with Crippen LogP contribution < -0.4 is 0 Å². The molecule has 0 fully saturated rings. The molecule has 0 unspecified atom stereocenters. The molecule has 0 aliphatic carbocycles. The summed E-state index contributed by atoms with van der Waals surface area (Å²) in [5.41, 5.74) is 0. The highest BCUT2D eigenvalue weighted by Gasteiger charge is 2.00. The van der Waals surface area contributed by atoms with E-state index in [1.54, 1.807) is 12.2 Å². The Labute approximate surface area is 92.2 Å². The predicted molar refractivity (Wildman–Crippen MR) is 63.7 cm³/mol. The van der Waals surface area contributed by atoms with Gasteiger partial charge in [0, 0.05) is 24.0 Å². The van der Waals surface area contributed by atoms with E-state index in [0.29, 0.717) is 11.5 Å². The number of hydrogen-bond acceptors (Lipinski definition) is 6. The van der Waals surface area contributed by atoms with Gasteiger partial charge in [-0.15, -0.1) is 0 Å². The summed E-state index contributed by atoms with van der Waals surface area (Å²) in [5, 5.41) is 0. The van der Waals surface area contributed by atoms with Gasteiger partial charge in [-0.1, -0.05) is 12.2 Å². The van der Waals surface area contributed by atoms with Gasteiger partial charge in [0.15, 0.2) is 17.7 Å². The molecule has 84 valence electrons. The highest BCUT2D eigenvalue weighted by Crippen LogP contribution is 2.11. The molecule has 0 radical (unpaired) electrons. The first-order chi connectivity index (χ1) is 6.21. The second-order valence-electron chi connectivity index (χ2n) is 2.45. The van der Waals surface area contributed by atoms with Gasteiger partial charge in [0.25, 0.3) is 0 Å². The van der Waals surface area contributed by atoms with E-state index in [9.17, 15) is 16.8 Å². The Kier molecular flexibility index (Phi) is 6.19. The van der Waals surface area contributed by atoms with E-state index in [4.69, 9.17) is 0 Å². The lowest BCUT2D eigenvalue weighted by molar-refractivity contribution is 0.614. The standard InChI is InChI=1S/C6H12O4S4/c1-13(7,8)11-5-3-4-6-12-14(2,9)10/h3-4H,5-6H2,1-2H3/b4-3-. The summed E-state index contributed by atoms with van der Waals surface area (Å²) in [6.45, 7) is 0. The molecule has 0 N–H and O–H groups in total. The van der Waals surface area contributed by atoms with Crippen LogP contribution in [0.5, 0.6) is 0 Å². The molecule has 0 aromatic carbocycles. The van der Waals surface area contributed by atoms with Gasteiger partial charge in [-0.3, -0.25) is 0 Å². The van der Waals surface area contributed by atoms with E-state index in [-0.39, 0.29) is 0 Å². The molecule has 0 saturated heterocycles. The summed E-state index contributed by atoms with van der Waals surface area (Å²) in [5.74, 6) is 0.701. The van der Waals surface area contributed by atoms with E-state index in [1.807, 2.05) is 0 Å². The van der Waals surface area contributed by atoms with Crippen molar-refractivity contribution < 1.29 is 16.8 Å². The molecular formula is C6H12O4S4. The van der Waals surface area contributed by atoms with E-state index in [1.165, 1.54) is 0 Å². The van der Waals surface area contributed by atoms with Crippen LogP contribution in [0.1, 0.15) is 0 Å². The molecule has 0 atom stereocenters. The third-order valence-corrected chi connectivity index (χ3v) is 5.82. The highest BCUT2D eigenvalue weighted by molar-refractivity contribution is 8.72. The summed E-state index contributed by atoms with van der Waals surface area (Å²) >= 11 is 0. The molecule has 14 heavy (non-hydrogen) atoms. The topological polar surface area (TPSA) is 68.3 Å². The van der Waals surface area contributed by atoms with Crippen molar-refractivity contribution in [3.05, 3.63) is 12.2 Å². The lowest BCUT2D eigenvalue weighted by Gasteiger charge is -1.92. The van der Waals surface area contributed by atoms with Crippen LogP contribution in [0.2, 0.25) is 0 Å². The van der Waals surface area contributed by atoms with Gasteiger partial charge in [-0.05, 0) is 21.6 Å². The molecule has 0 spiro atoms. The van der Waals surface area contributed by atoms with E-state index >= 15 is 0 Å². The quantitative estimate of drug-likeness (QED) is 0.531. The maximum atomic E-state index is 10.7. The van der Waals surface area contributed by atoms with Crippen LogP contribution in [0.4, 0.5) is 0 Å². The summed E-state index contributed by atoms with van der Waals surface area (Å²) in [6.07, 6.45) is 5.56. The molecule has 0 amide bonds. The van der Waals surface area contributed by atoms with Crippen molar-refractivity contribution in [2.45, 2.75) is 0 Å². The summed E-state index contributed by atoms with van der Waals surface area (Å²) < 4.78 is 42.6. The molecule has 0 aliphatic heterocycles. The smallest absolute Gasteiger partial charge is 0.198 e. The van der Waals surface area contributed by atoms with Crippen molar-refractivity contribution in [2.75, 3.05) is 24.0 Å².